The Morgan fingerprint density at radius 2 is 2.25 bits per heavy atom. The number of rotatable bonds is 1. The summed E-state index contributed by atoms with van der Waals surface area (Å²) in [7, 11) is 0. The third-order valence-corrected chi connectivity index (χ3v) is 3.67. The highest BCUT2D eigenvalue weighted by Gasteiger charge is 2.24. The van der Waals surface area contributed by atoms with Crippen LogP contribution in [0.15, 0.2) is 10.5 Å². The summed E-state index contributed by atoms with van der Waals surface area (Å²) in [6.45, 7) is 2.60. The topological polar surface area (TPSA) is 32.3 Å². The number of benzene rings is 1. The molecule has 2 rings (SSSR count). The van der Waals surface area contributed by atoms with Gasteiger partial charge in [0.25, 0.3) is 0 Å². The minimum Gasteiger partial charge on any atom is -0.506 e. The van der Waals surface area contributed by atoms with Crippen molar-refractivity contribution in [3.8, 4) is 5.75 Å². The van der Waals surface area contributed by atoms with Crippen LogP contribution in [0.2, 0.25) is 0 Å². The second kappa shape index (κ2) is 4.72. The zero-order valence-corrected chi connectivity index (χ0v) is 10.8. The summed E-state index contributed by atoms with van der Waals surface area (Å²) in [6.07, 6.45) is 3.06. The fourth-order valence-electron chi connectivity index (χ4n) is 2.18. The van der Waals surface area contributed by atoms with E-state index < -0.39 is 0 Å². The molecule has 1 aromatic carbocycles. The van der Waals surface area contributed by atoms with Gasteiger partial charge in [0.2, 0.25) is 0 Å². The molecule has 2 nitrogen and oxygen atoms in total. The molecule has 0 aromatic heterocycles. The summed E-state index contributed by atoms with van der Waals surface area (Å²) in [5.41, 5.74) is 0.971. The third-order valence-electron chi connectivity index (χ3n) is 3.07. The minimum atomic E-state index is -0.292. The number of phenols is 1. The van der Waals surface area contributed by atoms with Crippen molar-refractivity contribution in [2.75, 3.05) is 6.54 Å². The molecule has 4 heteroatoms. The van der Waals surface area contributed by atoms with Gasteiger partial charge in [0, 0.05) is 11.6 Å². The van der Waals surface area contributed by atoms with Crippen molar-refractivity contribution in [3.63, 3.8) is 0 Å². The van der Waals surface area contributed by atoms with Gasteiger partial charge in [-0.05, 0) is 53.9 Å². The van der Waals surface area contributed by atoms with Gasteiger partial charge in [-0.1, -0.05) is 6.42 Å². The smallest absolute Gasteiger partial charge is 0.137 e. The summed E-state index contributed by atoms with van der Waals surface area (Å²) >= 11 is 3.25. The Balaban J connectivity index is 2.45. The average molecular weight is 288 g/mol. The molecule has 1 fully saturated rings. The number of phenolic OH excluding ortho intramolecular Hbond substituents is 1. The van der Waals surface area contributed by atoms with E-state index in [1.165, 1.54) is 0 Å². The van der Waals surface area contributed by atoms with Crippen molar-refractivity contribution >= 4 is 15.9 Å². The lowest BCUT2D eigenvalue weighted by Crippen LogP contribution is -2.27. The molecule has 2 N–H and O–H groups in total. The maximum Gasteiger partial charge on any atom is 0.137 e. The van der Waals surface area contributed by atoms with Crippen LogP contribution in [-0.4, -0.2) is 11.7 Å². The van der Waals surface area contributed by atoms with E-state index in [1.807, 2.05) is 0 Å². The van der Waals surface area contributed by atoms with Crippen LogP contribution in [0.1, 0.15) is 36.4 Å². The van der Waals surface area contributed by atoms with E-state index in [-0.39, 0.29) is 17.6 Å². The van der Waals surface area contributed by atoms with Crippen molar-refractivity contribution < 1.29 is 9.50 Å². The van der Waals surface area contributed by atoms with Gasteiger partial charge in [-0.3, -0.25) is 0 Å². The Hall–Kier alpha value is -0.610. The molecule has 0 bridgehead atoms. The molecule has 1 aliphatic heterocycles. The van der Waals surface area contributed by atoms with Crippen LogP contribution in [0.5, 0.6) is 5.75 Å². The number of halogens is 2. The van der Waals surface area contributed by atoms with E-state index in [4.69, 9.17) is 0 Å². The van der Waals surface area contributed by atoms with Gasteiger partial charge >= 0.3 is 0 Å². The first-order valence-electron chi connectivity index (χ1n) is 5.52. The van der Waals surface area contributed by atoms with E-state index in [0.29, 0.717) is 15.6 Å². The highest BCUT2D eigenvalue weighted by Crippen LogP contribution is 2.38. The lowest BCUT2D eigenvalue weighted by atomic mass is 9.95. The highest BCUT2D eigenvalue weighted by molar-refractivity contribution is 9.10. The molecular weight excluding hydrogens is 273 g/mol. The van der Waals surface area contributed by atoms with Gasteiger partial charge in [-0.25, -0.2) is 4.39 Å². The zero-order chi connectivity index (χ0) is 11.7. The fraction of sp³-hybridized carbons (Fsp3) is 0.500. The van der Waals surface area contributed by atoms with Crippen LogP contribution >= 0.6 is 15.9 Å². The Bertz CT molecular complexity index is 376. The van der Waals surface area contributed by atoms with Gasteiger partial charge in [-0.15, -0.1) is 0 Å². The quantitative estimate of drug-likeness (QED) is 0.830. The van der Waals surface area contributed by atoms with Gasteiger partial charge in [0.1, 0.15) is 11.6 Å². The molecule has 0 aliphatic carbocycles. The first kappa shape index (κ1) is 11.9. The predicted octanol–water partition coefficient (Wildman–Crippen LogP) is 3.42. The number of hydrogen-bond acceptors (Lipinski definition) is 2. The van der Waals surface area contributed by atoms with E-state index in [9.17, 15) is 9.50 Å². The van der Waals surface area contributed by atoms with Crippen molar-refractivity contribution in [1.29, 1.82) is 0 Å². The van der Waals surface area contributed by atoms with Gasteiger partial charge in [0.15, 0.2) is 0 Å². The SMILES string of the molecule is Cc1cc(Br)c(O)c(C2CCCCN2)c1F. The van der Waals surface area contributed by atoms with Crippen LogP contribution in [0, 0.1) is 12.7 Å². The molecule has 0 amide bonds. The predicted molar refractivity (Wildman–Crippen MR) is 65.1 cm³/mol. The first-order valence-corrected chi connectivity index (χ1v) is 6.31. The number of aromatic hydroxyl groups is 1. The van der Waals surface area contributed by atoms with E-state index in [2.05, 4.69) is 21.2 Å². The number of nitrogens with one attached hydrogen (secondary N) is 1. The Kier molecular flexibility index (Phi) is 3.50. The Morgan fingerprint density at radius 3 is 2.88 bits per heavy atom. The second-order valence-electron chi connectivity index (χ2n) is 4.25. The van der Waals surface area contributed by atoms with Crippen LogP contribution in [-0.2, 0) is 0 Å². The zero-order valence-electron chi connectivity index (χ0n) is 9.19. The molecule has 1 aliphatic rings. The molecule has 1 saturated heterocycles. The number of aryl methyl sites for hydroxylation is 1. The molecule has 0 saturated carbocycles. The minimum absolute atomic E-state index is 0.0301. The monoisotopic (exact) mass is 287 g/mol. The summed E-state index contributed by atoms with van der Waals surface area (Å²) in [5, 5.41) is 13.2. The lowest BCUT2D eigenvalue weighted by Gasteiger charge is -2.25. The van der Waals surface area contributed by atoms with Gasteiger partial charge in [0.05, 0.1) is 4.47 Å². The molecule has 0 radical (unpaired) electrons. The maximum atomic E-state index is 14.0. The molecule has 1 heterocycles. The van der Waals surface area contributed by atoms with Crippen LogP contribution in [0.3, 0.4) is 0 Å². The van der Waals surface area contributed by atoms with Crippen LogP contribution < -0.4 is 5.32 Å². The summed E-state index contributed by atoms with van der Waals surface area (Å²) in [4.78, 5) is 0. The average Bonchev–Trinajstić information content (AvgIpc) is 2.28. The molecule has 1 atom stereocenters. The first-order chi connectivity index (χ1) is 7.61. The van der Waals surface area contributed by atoms with Crippen molar-refractivity contribution in [1.82, 2.24) is 5.32 Å². The van der Waals surface area contributed by atoms with Crippen molar-refractivity contribution in [2.45, 2.75) is 32.2 Å². The fourth-order valence-corrected chi connectivity index (χ4v) is 2.74. The van der Waals surface area contributed by atoms with E-state index in [1.54, 1.807) is 13.0 Å². The van der Waals surface area contributed by atoms with Crippen LogP contribution in [0.4, 0.5) is 4.39 Å². The third kappa shape index (κ3) is 2.09. The molecule has 1 aromatic rings. The van der Waals surface area contributed by atoms with Crippen LogP contribution in [0.25, 0.3) is 0 Å². The molecule has 0 spiro atoms. The summed E-state index contributed by atoms with van der Waals surface area (Å²) in [5.74, 6) is -0.261. The summed E-state index contributed by atoms with van der Waals surface area (Å²) in [6, 6.07) is 1.54. The van der Waals surface area contributed by atoms with Gasteiger partial charge < -0.3 is 10.4 Å². The highest BCUT2D eigenvalue weighted by atomic mass is 79.9. The molecular formula is C12H15BrFNO. The second-order valence-corrected chi connectivity index (χ2v) is 5.11. The molecule has 16 heavy (non-hydrogen) atoms. The normalized spacial score (nSPS) is 21.1. The van der Waals surface area contributed by atoms with Gasteiger partial charge in [-0.2, -0.15) is 0 Å². The lowest BCUT2D eigenvalue weighted by molar-refractivity contribution is 0.375. The van der Waals surface area contributed by atoms with Crippen molar-refractivity contribution in [2.24, 2.45) is 0 Å². The molecule has 1 unspecified atom stereocenters. The molecule has 88 valence electrons. The summed E-state index contributed by atoms with van der Waals surface area (Å²) < 4.78 is 14.6. The number of hydrogen-bond donors (Lipinski definition) is 2. The largest absolute Gasteiger partial charge is 0.506 e. The standard InChI is InChI=1S/C12H15BrFNO/c1-7-6-8(13)12(16)10(11(7)14)9-4-2-3-5-15-9/h6,9,15-16H,2-5H2,1H3. The Morgan fingerprint density at radius 1 is 1.50 bits per heavy atom. The number of piperidine rings is 1. The van der Waals surface area contributed by atoms with E-state index >= 15 is 0 Å². The Labute approximate surface area is 103 Å². The van der Waals surface area contributed by atoms with Crippen molar-refractivity contribution in [3.05, 3.63) is 27.5 Å². The maximum absolute atomic E-state index is 14.0. The van der Waals surface area contributed by atoms with E-state index in [0.717, 1.165) is 25.8 Å².